The zero-order valence-electron chi connectivity index (χ0n) is 12.3. The van der Waals surface area contributed by atoms with Crippen LogP contribution >= 0.6 is 11.8 Å². The Morgan fingerprint density at radius 3 is 2.65 bits per heavy atom. The van der Waals surface area contributed by atoms with Crippen LogP contribution < -0.4 is 5.32 Å². The van der Waals surface area contributed by atoms with Crippen molar-refractivity contribution >= 4 is 11.8 Å². The second-order valence-electron chi connectivity index (χ2n) is 5.06. The molecule has 2 rings (SSSR count). The lowest BCUT2D eigenvalue weighted by Crippen LogP contribution is -2.23. The zero-order chi connectivity index (χ0) is 14.4. The van der Waals surface area contributed by atoms with Gasteiger partial charge in [-0.25, -0.2) is 4.98 Å². The maximum absolute atomic E-state index is 5.80. The molecule has 3 nitrogen and oxygen atoms in total. The Labute approximate surface area is 125 Å². The van der Waals surface area contributed by atoms with E-state index < -0.39 is 0 Å². The van der Waals surface area contributed by atoms with Crippen molar-refractivity contribution in [1.82, 2.24) is 10.3 Å². The standard InChI is InChI=1S/C16H22N2OS/c1-12(2)17-10-4-5-16-18-11-15(19-16)13-6-8-14(20-3)9-7-13/h6-9,11-12,17H,4-5,10H2,1-3H3. The number of oxazole rings is 1. The van der Waals surface area contributed by atoms with E-state index in [1.165, 1.54) is 4.90 Å². The van der Waals surface area contributed by atoms with Crippen LogP contribution in [-0.4, -0.2) is 23.8 Å². The quantitative estimate of drug-likeness (QED) is 0.618. The minimum absolute atomic E-state index is 0.532. The van der Waals surface area contributed by atoms with Crippen LogP contribution in [0.15, 0.2) is 39.8 Å². The van der Waals surface area contributed by atoms with E-state index in [2.05, 4.69) is 54.7 Å². The minimum Gasteiger partial charge on any atom is -0.441 e. The molecule has 0 unspecified atom stereocenters. The molecule has 0 aliphatic rings. The van der Waals surface area contributed by atoms with Crippen molar-refractivity contribution in [2.75, 3.05) is 12.8 Å². The summed E-state index contributed by atoms with van der Waals surface area (Å²) in [4.78, 5) is 5.61. The number of thioether (sulfide) groups is 1. The Hall–Kier alpha value is -1.26. The van der Waals surface area contributed by atoms with E-state index in [0.29, 0.717) is 6.04 Å². The largest absolute Gasteiger partial charge is 0.441 e. The van der Waals surface area contributed by atoms with Crippen LogP contribution in [0.2, 0.25) is 0 Å². The first-order chi connectivity index (χ1) is 9.69. The molecule has 0 saturated carbocycles. The first kappa shape index (κ1) is 15.1. The maximum atomic E-state index is 5.80. The van der Waals surface area contributed by atoms with Gasteiger partial charge in [-0.2, -0.15) is 0 Å². The van der Waals surface area contributed by atoms with Crippen LogP contribution in [0.3, 0.4) is 0 Å². The van der Waals surface area contributed by atoms with Crippen LogP contribution in [-0.2, 0) is 6.42 Å². The summed E-state index contributed by atoms with van der Waals surface area (Å²) in [5.41, 5.74) is 1.09. The van der Waals surface area contributed by atoms with Crippen LogP contribution in [0.5, 0.6) is 0 Å². The van der Waals surface area contributed by atoms with Gasteiger partial charge in [-0.3, -0.25) is 0 Å². The molecule has 108 valence electrons. The molecule has 0 aliphatic carbocycles. The molecule has 0 radical (unpaired) electrons. The van der Waals surface area contributed by atoms with Crippen molar-refractivity contribution < 1.29 is 4.42 Å². The molecule has 1 N–H and O–H groups in total. The van der Waals surface area contributed by atoms with Gasteiger partial charge >= 0.3 is 0 Å². The van der Waals surface area contributed by atoms with Gasteiger partial charge in [0.1, 0.15) is 0 Å². The van der Waals surface area contributed by atoms with Crippen LogP contribution in [0.25, 0.3) is 11.3 Å². The van der Waals surface area contributed by atoms with E-state index in [1.54, 1.807) is 11.8 Å². The smallest absolute Gasteiger partial charge is 0.194 e. The monoisotopic (exact) mass is 290 g/mol. The fourth-order valence-electron chi connectivity index (χ4n) is 1.94. The highest BCUT2D eigenvalue weighted by Gasteiger charge is 2.06. The molecule has 20 heavy (non-hydrogen) atoms. The van der Waals surface area contributed by atoms with Gasteiger partial charge in [0.05, 0.1) is 6.20 Å². The molecular formula is C16H22N2OS. The van der Waals surface area contributed by atoms with Crippen molar-refractivity contribution in [2.24, 2.45) is 0 Å². The number of hydrogen-bond acceptors (Lipinski definition) is 4. The normalized spacial score (nSPS) is 11.2. The van der Waals surface area contributed by atoms with Gasteiger partial charge in [0.25, 0.3) is 0 Å². The Bertz CT molecular complexity index is 520. The second kappa shape index (κ2) is 7.50. The summed E-state index contributed by atoms with van der Waals surface area (Å²) in [5, 5.41) is 3.40. The lowest BCUT2D eigenvalue weighted by molar-refractivity contribution is 0.484. The predicted octanol–water partition coefficient (Wildman–Crippen LogP) is 3.99. The summed E-state index contributed by atoms with van der Waals surface area (Å²) in [6, 6.07) is 8.90. The number of hydrogen-bond donors (Lipinski definition) is 1. The average molecular weight is 290 g/mol. The number of aryl methyl sites for hydroxylation is 1. The molecule has 0 atom stereocenters. The van der Waals surface area contributed by atoms with E-state index in [0.717, 1.165) is 36.6 Å². The highest BCUT2D eigenvalue weighted by molar-refractivity contribution is 7.98. The molecule has 0 saturated heterocycles. The molecule has 1 aromatic carbocycles. The Kier molecular flexibility index (Phi) is 5.68. The lowest BCUT2D eigenvalue weighted by Gasteiger charge is -2.05. The number of aromatic nitrogens is 1. The molecule has 1 aromatic heterocycles. The topological polar surface area (TPSA) is 38.1 Å². The van der Waals surface area contributed by atoms with E-state index in [4.69, 9.17) is 4.42 Å². The van der Waals surface area contributed by atoms with Gasteiger partial charge in [0.2, 0.25) is 0 Å². The highest BCUT2D eigenvalue weighted by atomic mass is 32.2. The summed E-state index contributed by atoms with van der Waals surface area (Å²) in [6.07, 6.45) is 5.82. The summed E-state index contributed by atoms with van der Waals surface area (Å²) in [6.45, 7) is 5.31. The average Bonchev–Trinajstić information content (AvgIpc) is 2.92. The van der Waals surface area contributed by atoms with E-state index in [9.17, 15) is 0 Å². The van der Waals surface area contributed by atoms with E-state index in [1.807, 2.05) is 6.20 Å². The van der Waals surface area contributed by atoms with Gasteiger partial charge in [-0.1, -0.05) is 26.0 Å². The summed E-state index contributed by atoms with van der Waals surface area (Å²) in [7, 11) is 0. The summed E-state index contributed by atoms with van der Waals surface area (Å²) in [5.74, 6) is 1.67. The van der Waals surface area contributed by atoms with Crippen molar-refractivity contribution in [3.63, 3.8) is 0 Å². The number of nitrogens with one attached hydrogen (secondary N) is 1. The molecule has 0 aliphatic heterocycles. The molecule has 0 bridgehead atoms. The Balaban J connectivity index is 1.90. The van der Waals surface area contributed by atoms with Crippen LogP contribution in [0.4, 0.5) is 0 Å². The van der Waals surface area contributed by atoms with Gasteiger partial charge in [0, 0.05) is 22.9 Å². The molecule has 1 heterocycles. The fraction of sp³-hybridized carbons (Fsp3) is 0.438. The zero-order valence-corrected chi connectivity index (χ0v) is 13.2. The number of nitrogens with zero attached hydrogens (tertiary/aromatic N) is 1. The van der Waals surface area contributed by atoms with Crippen molar-refractivity contribution in [3.8, 4) is 11.3 Å². The molecule has 0 spiro atoms. The molecule has 4 heteroatoms. The van der Waals surface area contributed by atoms with E-state index >= 15 is 0 Å². The molecule has 0 amide bonds. The number of rotatable bonds is 7. The molecule has 0 fully saturated rings. The maximum Gasteiger partial charge on any atom is 0.194 e. The molecule has 2 aromatic rings. The van der Waals surface area contributed by atoms with Gasteiger partial charge in [-0.15, -0.1) is 11.8 Å². The first-order valence-corrected chi connectivity index (χ1v) is 8.24. The van der Waals surface area contributed by atoms with Gasteiger partial charge in [0.15, 0.2) is 11.7 Å². The highest BCUT2D eigenvalue weighted by Crippen LogP contribution is 2.23. The fourth-order valence-corrected chi connectivity index (χ4v) is 2.35. The third-order valence-electron chi connectivity index (χ3n) is 3.05. The summed E-state index contributed by atoms with van der Waals surface area (Å²) >= 11 is 1.74. The number of benzene rings is 1. The lowest BCUT2D eigenvalue weighted by atomic mass is 10.2. The Morgan fingerprint density at radius 1 is 1.25 bits per heavy atom. The predicted molar refractivity (Wildman–Crippen MR) is 85.2 cm³/mol. The van der Waals surface area contributed by atoms with Gasteiger partial charge in [-0.05, 0) is 31.4 Å². The van der Waals surface area contributed by atoms with Crippen molar-refractivity contribution in [3.05, 3.63) is 36.4 Å². The molecular weight excluding hydrogens is 268 g/mol. The summed E-state index contributed by atoms with van der Waals surface area (Å²) < 4.78 is 5.80. The third-order valence-corrected chi connectivity index (χ3v) is 3.79. The first-order valence-electron chi connectivity index (χ1n) is 7.01. The second-order valence-corrected chi connectivity index (χ2v) is 5.94. The Morgan fingerprint density at radius 2 is 2.00 bits per heavy atom. The van der Waals surface area contributed by atoms with Crippen LogP contribution in [0.1, 0.15) is 26.2 Å². The van der Waals surface area contributed by atoms with E-state index in [-0.39, 0.29) is 0 Å². The van der Waals surface area contributed by atoms with Gasteiger partial charge < -0.3 is 9.73 Å². The van der Waals surface area contributed by atoms with Crippen molar-refractivity contribution in [1.29, 1.82) is 0 Å². The SMILES string of the molecule is CSc1ccc(-c2cnc(CCCNC(C)C)o2)cc1. The van der Waals surface area contributed by atoms with Crippen molar-refractivity contribution in [2.45, 2.75) is 37.6 Å². The third kappa shape index (κ3) is 4.39. The van der Waals surface area contributed by atoms with Crippen LogP contribution in [0, 0.1) is 0 Å². The minimum atomic E-state index is 0.532.